The van der Waals surface area contributed by atoms with Crippen molar-refractivity contribution in [3.05, 3.63) is 0 Å². The summed E-state index contributed by atoms with van der Waals surface area (Å²) in [6.45, 7) is 0. The number of phosphoric acid groups is 3. The van der Waals surface area contributed by atoms with E-state index < -0.39 is 23.5 Å². The molecule has 0 atom stereocenters. The topological polar surface area (TPSA) is 259 Å². The molecule has 99 valence electrons. The quantitative estimate of drug-likeness (QED) is 0.266. The molecule has 0 aromatic carbocycles. The molecule has 0 rings (SSSR count). The van der Waals surface area contributed by atoms with Crippen LogP contribution in [0.5, 0.6) is 0 Å². The zero-order valence-electron chi connectivity index (χ0n) is 8.77. The van der Waals surface area contributed by atoms with Crippen LogP contribution in [-0.2, 0) is 31.1 Å². The Morgan fingerprint density at radius 2 is 0.421 bits per heavy atom. The van der Waals surface area contributed by atoms with Crippen molar-refractivity contribution in [2.75, 3.05) is 0 Å². The van der Waals surface area contributed by atoms with Gasteiger partial charge in [-0.2, -0.15) is 23.5 Å². The van der Waals surface area contributed by atoms with Gasteiger partial charge in [-0.25, -0.2) is 0 Å². The Labute approximate surface area is 166 Å². The molecule has 0 aromatic heterocycles. The van der Waals surface area contributed by atoms with Gasteiger partial charge in [0.15, 0.2) is 0 Å². The van der Waals surface area contributed by atoms with Crippen molar-refractivity contribution < 1.29 is 75.1 Å². The zero-order chi connectivity index (χ0) is 13.5. The third kappa shape index (κ3) is 777. The van der Waals surface area contributed by atoms with Crippen LogP contribution in [0.25, 0.3) is 0 Å². The van der Waals surface area contributed by atoms with E-state index in [0.29, 0.717) is 0 Å². The standard InChI is InChI=1S/Cr.3Mg.3H3O4P/c;;;;3*1-5(2,3)4/h;;;;3*(H3,1,2,3,4)/q+3;3*+2;;;/p-9. The molecular formula is CrMg3O12P3. The largest absolute Gasteiger partial charge is 3.00 e. The van der Waals surface area contributed by atoms with Gasteiger partial charge in [0.25, 0.3) is 0 Å². The first-order valence-corrected chi connectivity index (χ1v) is 6.57. The van der Waals surface area contributed by atoms with E-state index in [-0.39, 0.29) is 86.5 Å². The molecule has 0 heterocycles. The van der Waals surface area contributed by atoms with Gasteiger partial charge in [0.2, 0.25) is 0 Å². The maximum absolute atomic E-state index is 8.55. The molecule has 0 aromatic rings. The summed E-state index contributed by atoms with van der Waals surface area (Å²) in [4.78, 5) is 76.9. The molecule has 0 aliphatic heterocycles. The zero-order valence-corrected chi connectivity index (χ0v) is 17.0. The molecule has 0 aliphatic carbocycles. The van der Waals surface area contributed by atoms with E-state index in [1.165, 1.54) is 0 Å². The van der Waals surface area contributed by atoms with E-state index in [2.05, 4.69) is 0 Å². The fourth-order valence-corrected chi connectivity index (χ4v) is 0. The molecule has 0 N–H and O–H groups in total. The SMILES string of the molecule is O=P([O-])([O-])[O-].O=P([O-])([O-])[O-].O=P([O-])([O-])[O-].[Cr+3].[Mg+2].[Mg+2].[Mg+2]. The number of rotatable bonds is 0. The Hall–Kier alpha value is 3.16. The minimum absolute atomic E-state index is 0. The van der Waals surface area contributed by atoms with E-state index in [9.17, 15) is 0 Å². The van der Waals surface area contributed by atoms with Gasteiger partial charge in [0.05, 0.1) is 0 Å². The maximum Gasteiger partial charge on any atom is 3.00 e. The van der Waals surface area contributed by atoms with Crippen LogP contribution in [0.2, 0.25) is 0 Å². The van der Waals surface area contributed by atoms with E-state index in [4.69, 9.17) is 57.7 Å². The summed E-state index contributed by atoms with van der Waals surface area (Å²) in [5, 5.41) is 0. The number of hydrogen-bond donors (Lipinski definition) is 0. The van der Waals surface area contributed by atoms with Crippen molar-refractivity contribution in [3.8, 4) is 0 Å². The van der Waals surface area contributed by atoms with E-state index >= 15 is 0 Å². The van der Waals surface area contributed by atoms with Crippen LogP contribution in [0.1, 0.15) is 0 Å². The van der Waals surface area contributed by atoms with Crippen molar-refractivity contribution >= 4 is 92.6 Å². The summed E-state index contributed by atoms with van der Waals surface area (Å²) in [7, 11) is -16.2. The molecule has 1 radical (unpaired) electrons. The molecule has 19 heteroatoms. The van der Waals surface area contributed by atoms with Crippen LogP contribution < -0.4 is 44.0 Å². The third-order valence-electron chi connectivity index (χ3n) is 0. The molecule has 0 bridgehead atoms. The summed E-state index contributed by atoms with van der Waals surface area (Å²) in [5.74, 6) is 0. The van der Waals surface area contributed by atoms with E-state index in [0.717, 1.165) is 0 Å². The van der Waals surface area contributed by atoms with Gasteiger partial charge >= 0.3 is 86.5 Å². The Bertz CT molecular complexity index is 214. The first-order chi connectivity index (χ1) is 6.00. The fourth-order valence-electron chi connectivity index (χ4n) is 0. The van der Waals surface area contributed by atoms with Crippen LogP contribution in [0, 0.1) is 0 Å². The Balaban J connectivity index is -0.0000000206. The second-order valence-electron chi connectivity index (χ2n) is 1.34. The molecule has 0 saturated heterocycles. The smallest absolute Gasteiger partial charge is 0.822 e. The van der Waals surface area contributed by atoms with Gasteiger partial charge < -0.3 is 57.7 Å². The summed E-state index contributed by atoms with van der Waals surface area (Å²) in [5.41, 5.74) is 0. The van der Waals surface area contributed by atoms with Crippen molar-refractivity contribution in [1.29, 1.82) is 0 Å². The maximum atomic E-state index is 8.55. The van der Waals surface area contributed by atoms with Crippen molar-refractivity contribution in [1.82, 2.24) is 0 Å². The Morgan fingerprint density at radius 3 is 0.421 bits per heavy atom. The Kier molecular flexibility index (Phi) is 43.6. The molecule has 0 spiro atoms. The predicted molar refractivity (Wildman–Crippen MR) is 40.1 cm³/mol. The molecule has 0 aliphatic rings. The molecule has 0 unspecified atom stereocenters. The van der Waals surface area contributed by atoms with E-state index in [1.54, 1.807) is 0 Å². The summed E-state index contributed by atoms with van der Waals surface area (Å²) >= 11 is 0. The van der Waals surface area contributed by atoms with Crippen molar-refractivity contribution in [3.63, 3.8) is 0 Å². The van der Waals surface area contributed by atoms with Crippen molar-refractivity contribution in [2.45, 2.75) is 0 Å². The molecule has 0 amide bonds. The molecule has 0 saturated carbocycles. The van der Waals surface area contributed by atoms with Gasteiger partial charge in [0.1, 0.15) is 0 Å². The molecular weight excluding hydrogens is 410 g/mol. The van der Waals surface area contributed by atoms with Gasteiger partial charge in [-0.3, -0.25) is 0 Å². The average molecular weight is 410 g/mol. The molecule has 12 nitrogen and oxygen atoms in total. The normalized spacial score (nSPS) is 9.32. The summed E-state index contributed by atoms with van der Waals surface area (Å²) in [6, 6.07) is 0. The second kappa shape index (κ2) is 19.2. The van der Waals surface area contributed by atoms with Crippen LogP contribution >= 0.6 is 23.5 Å². The van der Waals surface area contributed by atoms with Crippen LogP contribution in [0.15, 0.2) is 0 Å². The minimum atomic E-state index is -5.39. The van der Waals surface area contributed by atoms with Gasteiger partial charge in [-0.05, 0) is 0 Å². The molecule has 0 fully saturated rings. The summed E-state index contributed by atoms with van der Waals surface area (Å²) < 4.78 is 25.6. The second-order valence-corrected chi connectivity index (χ2v) is 4.02. The predicted octanol–water partition coefficient (Wildman–Crippen LogP) is -9.62. The van der Waals surface area contributed by atoms with Crippen LogP contribution in [-0.4, -0.2) is 69.2 Å². The summed E-state index contributed by atoms with van der Waals surface area (Å²) in [6.07, 6.45) is 0. The average Bonchev–Trinajstić information content (AvgIpc) is 1.41. The monoisotopic (exact) mass is 409 g/mol. The van der Waals surface area contributed by atoms with Gasteiger partial charge in [-0.15, -0.1) is 0 Å². The minimum Gasteiger partial charge on any atom is -0.822 e. The van der Waals surface area contributed by atoms with Crippen molar-refractivity contribution in [2.24, 2.45) is 0 Å². The van der Waals surface area contributed by atoms with E-state index in [1.807, 2.05) is 0 Å². The molecule has 19 heavy (non-hydrogen) atoms. The third-order valence-corrected chi connectivity index (χ3v) is 0. The van der Waals surface area contributed by atoms with Crippen LogP contribution in [0.3, 0.4) is 0 Å². The number of hydrogen-bond acceptors (Lipinski definition) is 12. The van der Waals surface area contributed by atoms with Crippen LogP contribution in [0.4, 0.5) is 0 Å². The Morgan fingerprint density at radius 1 is 0.421 bits per heavy atom. The first kappa shape index (κ1) is 43.2. The first-order valence-electron chi connectivity index (χ1n) is 2.19. The van der Waals surface area contributed by atoms with Gasteiger partial charge in [0, 0.05) is 0 Å². The fraction of sp³-hybridized carbons (Fsp3) is 0. The van der Waals surface area contributed by atoms with Gasteiger partial charge in [-0.1, -0.05) is 0 Å².